The third-order valence-corrected chi connectivity index (χ3v) is 5.31. The Morgan fingerprint density at radius 2 is 1.87 bits per heavy atom. The molecule has 2 N–H and O–H groups in total. The average molecular weight is 417 g/mol. The molecule has 3 heterocycles. The van der Waals surface area contributed by atoms with Gasteiger partial charge in [0.15, 0.2) is 0 Å². The van der Waals surface area contributed by atoms with Crippen LogP contribution in [0.2, 0.25) is 0 Å². The lowest BCUT2D eigenvalue weighted by molar-refractivity contribution is -0.117. The van der Waals surface area contributed by atoms with Crippen LogP contribution in [0, 0.1) is 6.92 Å². The van der Waals surface area contributed by atoms with Gasteiger partial charge in [-0.2, -0.15) is 0 Å². The largest absolute Gasteiger partial charge is 0.326 e. The molecule has 1 aliphatic rings. The van der Waals surface area contributed by atoms with Gasteiger partial charge >= 0.3 is 0 Å². The number of rotatable bonds is 6. The number of benzene rings is 1. The second kappa shape index (κ2) is 8.91. The van der Waals surface area contributed by atoms with Crippen molar-refractivity contribution in [2.24, 2.45) is 0 Å². The molecule has 1 aromatic carbocycles. The van der Waals surface area contributed by atoms with E-state index in [1.165, 1.54) is 0 Å². The van der Waals surface area contributed by atoms with Crippen LogP contribution in [0.25, 0.3) is 11.4 Å². The van der Waals surface area contributed by atoms with Crippen molar-refractivity contribution in [2.45, 2.75) is 32.6 Å². The molecule has 1 aliphatic heterocycles. The monoisotopic (exact) mass is 417 g/mol. The molecule has 1 saturated heterocycles. The summed E-state index contributed by atoms with van der Waals surface area (Å²) in [5.74, 6) is 0.414. The number of nitrogens with one attached hydrogen (secondary N) is 2. The van der Waals surface area contributed by atoms with Crippen LogP contribution in [0.1, 0.15) is 30.5 Å². The van der Waals surface area contributed by atoms with Gasteiger partial charge in [0, 0.05) is 60.0 Å². The van der Waals surface area contributed by atoms with E-state index in [1.807, 2.05) is 12.1 Å². The highest BCUT2D eigenvalue weighted by Gasteiger charge is 2.21. The Hall–Kier alpha value is -3.81. The zero-order valence-electron chi connectivity index (χ0n) is 17.2. The van der Waals surface area contributed by atoms with Crippen LogP contribution >= 0.6 is 0 Å². The number of carbonyl (C=O) groups is 2. The van der Waals surface area contributed by atoms with Crippen molar-refractivity contribution in [1.82, 2.24) is 15.0 Å². The summed E-state index contributed by atoms with van der Waals surface area (Å²) in [4.78, 5) is 49.7. The van der Waals surface area contributed by atoms with Crippen molar-refractivity contribution in [3.05, 3.63) is 70.4 Å². The third-order valence-electron chi connectivity index (χ3n) is 5.31. The van der Waals surface area contributed by atoms with Gasteiger partial charge in [-0.15, -0.1) is 0 Å². The summed E-state index contributed by atoms with van der Waals surface area (Å²) in [6.45, 7) is 2.50. The fourth-order valence-corrected chi connectivity index (χ4v) is 3.66. The Labute approximate surface area is 179 Å². The first-order valence-corrected chi connectivity index (χ1v) is 10.2. The standard InChI is InChI=1S/C23H23N5O3/c1-15-19(23(31)27-22(25-15)16-10-12-24-13-11-16)8-9-20(29)26-17-4-6-18(7-5-17)28-14-2-3-21(28)30/h4-7,10-13H,2-3,8-9,14H2,1H3,(H,26,29)(H,25,27,31). The van der Waals surface area contributed by atoms with E-state index >= 15 is 0 Å². The highest BCUT2D eigenvalue weighted by Crippen LogP contribution is 2.23. The zero-order valence-corrected chi connectivity index (χ0v) is 17.2. The van der Waals surface area contributed by atoms with E-state index in [4.69, 9.17) is 0 Å². The molecular weight excluding hydrogens is 394 g/mol. The Balaban J connectivity index is 1.37. The number of amides is 2. The molecule has 2 amide bonds. The summed E-state index contributed by atoms with van der Waals surface area (Å²) >= 11 is 0. The van der Waals surface area contributed by atoms with Gasteiger partial charge in [0.25, 0.3) is 5.56 Å². The Morgan fingerprint density at radius 3 is 2.52 bits per heavy atom. The maximum absolute atomic E-state index is 12.5. The fourth-order valence-electron chi connectivity index (χ4n) is 3.66. The van der Waals surface area contributed by atoms with Crippen LogP contribution in [-0.2, 0) is 16.0 Å². The van der Waals surface area contributed by atoms with E-state index < -0.39 is 0 Å². The van der Waals surface area contributed by atoms with Gasteiger partial charge in [-0.25, -0.2) is 4.98 Å². The number of anilines is 2. The van der Waals surface area contributed by atoms with Gasteiger partial charge in [-0.3, -0.25) is 19.4 Å². The highest BCUT2D eigenvalue weighted by atomic mass is 16.2. The SMILES string of the molecule is Cc1nc(-c2ccncc2)[nH]c(=O)c1CCC(=O)Nc1ccc(N2CCCC2=O)cc1. The van der Waals surface area contributed by atoms with E-state index in [9.17, 15) is 14.4 Å². The second-order valence-corrected chi connectivity index (χ2v) is 7.46. The molecule has 1 fully saturated rings. The Morgan fingerprint density at radius 1 is 1.13 bits per heavy atom. The normalized spacial score (nSPS) is 13.5. The van der Waals surface area contributed by atoms with Crippen molar-refractivity contribution in [3.63, 3.8) is 0 Å². The number of aromatic amines is 1. The van der Waals surface area contributed by atoms with E-state index in [-0.39, 0.29) is 30.2 Å². The van der Waals surface area contributed by atoms with E-state index in [1.54, 1.807) is 48.5 Å². The van der Waals surface area contributed by atoms with Crippen molar-refractivity contribution in [3.8, 4) is 11.4 Å². The molecule has 2 aromatic heterocycles. The van der Waals surface area contributed by atoms with Gasteiger partial charge in [-0.1, -0.05) is 0 Å². The molecule has 8 heteroatoms. The summed E-state index contributed by atoms with van der Waals surface area (Å²) in [6, 6.07) is 10.8. The number of H-pyrrole nitrogens is 1. The number of carbonyl (C=O) groups excluding carboxylic acids is 2. The predicted octanol–water partition coefficient (Wildman–Crippen LogP) is 2.84. The number of aromatic nitrogens is 3. The summed E-state index contributed by atoms with van der Waals surface area (Å²) in [5, 5.41) is 2.84. The van der Waals surface area contributed by atoms with Gasteiger partial charge < -0.3 is 15.2 Å². The molecule has 0 unspecified atom stereocenters. The molecule has 0 atom stereocenters. The van der Waals surface area contributed by atoms with Gasteiger partial charge in [-0.05, 0) is 56.2 Å². The highest BCUT2D eigenvalue weighted by molar-refractivity contribution is 5.96. The van der Waals surface area contributed by atoms with Gasteiger partial charge in [0.05, 0.1) is 0 Å². The first-order valence-electron chi connectivity index (χ1n) is 10.2. The molecule has 3 aromatic rings. The number of aryl methyl sites for hydroxylation is 1. The third kappa shape index (κ3) is 4.69. The predicted molar refractivity (Wildman–Crippen MR) is 118 cm³/mol. The van der Waals surface area contributed by atoms with Crippen LogP contribution < -0.4 is 15.8 Å². The molecule has 0 bridgehead atoms. The number of nitrogens with zero attached hydrogens (tertiary/aromatic N) is 3. The van der Waals surface area contributed by atoms with Gasteiger partial charge in [0.2, 0.25) is 11.8 Å². The molecule has 158 valence electrons. The minimum atomic E-state index is -0.244. The molecular formula is C23H23N5O3. The lowest BCUT2D eigenvalue weighted by Crippen LogP contribution is -2.23. The minimum absolute atomic E-state index is 0.126. The smallest absolute Gasteiger partial charge is 0.254 e. The minimum Gasteiger partial charge on any atom is -0.326 e. The number of pyridine rings is 1. The topological polar surface area (TPSA) is 108 Å². The Bertz CT molecular complexity index is 1160. The van der Waals surface area contributed by atoms with Crippen LogP contribution in [0.4, 0.5) is 11.4 Å². The van der Waals surface area contributed by atoms with E-state index in [2.05, 4.69) is 20.3 Å². The summed E-state index contributed by atoms with van der Waals surface area (Å²) in [5.41, 5.74) is 3.12. The maximum Gasteiger partial charge on any atom is 0.254 e. The van der Waals surface area contributed by atoms with E-state index in [0.29, 0.717) is 29.2 Å². The first-order chi connectivity index (χ1) is 15.0. The molecule has 0 spiro atoms. The fraction of sp³-hybridized carbons (Fsp3) is 0.261. The summed E-state index contributed by atoms with van der Waals surface area (Å²) in [6.07, 6.45) is 5.17. The van der Waals surface area contributed by atoms with Crippen molar-refractivity contribution < 1.29 is 9.59 Å². The quantitative estimate of drug-likeness (QED) is 0.641. The lowest BCUT2D eigenvalue weighted by atomic mass is 10.1. The number of hydrogen-bond donors (Lipinski definition) is 2. The lowest BCUT2D eigenvalue weighted by Gasteiger charge is -2.16. The van der Waals surface area contributed by atoms with Crippen LogP contribution in [0.3, 0.4) is 0 Å². The van der Waals surface area contributed by atoms with Crippen LogP contribution in [0.5, 0.6) is 0 Å². The van der Waals surface area contributed by atoms with E-state index in [0.717, 1.165) is 24.2 Å². The molecule has 31 heavy (non-hydrogen) atoms. The maximum atomic E-state index is 12.5. The summed E-state index contributed by atoms with van der Waals surface area (Å²) in [7, 11) is 0. The van der Waals surface area contributed by atoms with Gasteiger partial charge in [0.1, 0.15) is 5.82 Å². The molecule has 0 saturated carbocycles. The summed E-state index contributed by atoms with van der Waals surface area (Å²) < 4.78 is 0. The van der Waals surface area contributed by atoms with Crippen LogP contribution in [-0.4, -0.2) is 33.3 Å². The molecule has 4 rings (SSSR count). The Kier molecular flexibility index (Phi) is 5.88. The van der Waals surface area contributed by atoms with Crippen molar-refractivity contribution in [2.75, 3.05) is 16.8 Å². The number of hydrogen-bond acceptors (Lipinski definition) is 5. The second-order valence-electron chi connectivity index (χ2n) is 7.46. The van der Waals surface area contributed by atoms with Crippen molar-refractivity contribution in [1.29, 1.82) is 0 Å². The molecule has 8 nitrogen and oxygen atoms in total. The first kappa shape index (κ1) is 20.5. The van der Waals surface area contributed by atoms with Crippen LogP contribution in [0.15, 0.2) is 53.6 Å². The zero-order chi connectivity index (χ0) is 21.8. The van der Waals surface area contributed by atoms with Crippen molar-refractivity contribution >= 4 is 23.2 Å². The molecule has 0 radical (unpaired) electrons. The molecule has 0 aliphatic carbocycles. The average Bonchev–Trinajstić information content (AvgIpc) is 3.20.